The van der Waals surface area contributed by atoms with Gasteiger partial charge in [0.1, 0.15) is 11.6 Å². The van der Waals surface area contributed by atoms with Crippen LogP contribution in [-0.2, 0) is 0 Å². The van der Waals surface area contributed by atoms with Gasteiger partial charge in [-0.15, -0.1) is 0 Å². The number of anilines is 2. The van der Waals surface area contributed by atoms with E-state index in [9.17, 15) is 8.78 Å². The molecule has 2 aromatic rings. The summed E-state index contributed by atoms with van der Waals surface area (Å²) in [7, 11) is 3.95. The zero-order valence-corrected chi connectivity index (χ0v) is 13.7. The number of hydrogen-bond acceptors (Lipinski definition) is 2. The third-order valence-electron chi connectivity index (χ3n) is 3.29. The molecule has 21 heavy (non-hydrogen) atoms. The second kappa shape index (κ2) is 6.43. The zero-order chi connectivity index (χ0) is 15.6. The van der Waals surface area contributed by atoms with Crippen molar-refractivity contribution in [1.29, 1.82) is 0 Å². The Balaban J connectivity index is 2.17. The normalized spacial score (nSPS) is 12.1. The summed E-state index contributed by atoms with van der Waals surface area (Å²) in [6.07, 6.45) is 0. The fraction of sp³-hybridized carbons (Fsp3) is 0.250. The van der Waals surface area contributed by atoms with Gasteiger partial charge in [0, 0.05) is 31.9 Å². The molecule has 0 amide bonds. The van der Waals surface area contributed by atoms with E-state index in [1.807, 2.05) is 50.2 Å². The maximum Gasteiger partial charge on any atom is 0.149 e. The number of halogens is 3. The molecule has 1 unspecified atom stereocenters. The minimum atomic E-state index is -0.610. The Hall–Kier alpha value is -1.62. The van der Waals surface area contributed by atoms with E-state index < -0.39 is 11.6 Å². The highest BCUT2D eigenvalue weighted by Gasteiger charge is 2.12. The van der Waals surface area contributed by atoms with E-state index in [2.05, 4.69) is 21.2 Å². The van der Waals surface area contributed by atoms with Crippen molar-refractivity contribution < 1.29 is 8.78 Å². The van der Waals surface area contributed by atoms with Gasteiger partial charge in [0.25, 0.3) is 0 Å². The molecule has 112 valence electrons. The highest BCUT2D eigenvalue weighted by Crippen LogP contribution is 2.27. The lowest BCUT2D eigenvalue weighted by atomic mass is 10.1. The Kier molecular flexibility index (Phi) is 4.83. The van der Waals surface area contributed by atoms with Gasteiger partial charge in [0.05, 0.1) is 10.2 Å². The van der Waals surface area contributed by atoms with Gasteiger partial charge in [-0.3, -0.25) is 0 Å². The Morgan fingerprint density at radius 3 is 2.24 bits per heavy atom. The summed E-state index contributed by atoms with van der Waals surface area (Å²) in [4.78, 5) is 2.01. The molecule has 2 nitrogen and oxygen atoms in total. The van der Waals surface area contributed by atoms with E-state index in [0.717, 1.165) is 17.3 Å². The van der Waals surface area contributed by atoms with E-state index in [1.54, 1.807) is 0 Å². The Labute approximate surface area is 131 Å². The van der Waals surface area contributed by atoms with Crippen LogP contribution >= 0.6 is 15.9 Å². The smallest absolute Gasteiger partial charge is 0.149 e. The van der Waals surface area contributed by atoms with Crippen molar-refractivity contribution in [2.45, 2.75) is 13.0 Å². The van der Waals surface area contributed by atoms with E-state index in [-0.39, 0.29) is 16.2 Å². The summed E-state index contributed by atoms with van der Waals surface area (Å²) >= 11 is 3.06. The molecule has 0 heterocycles. The first-order valence-electron chi connectivity index (χ1n) is 6.57. The van der Waals surface area contributed by atoms with Crippen LogP contribution in [0, 0.1) is 11.6 Å². The first-order chi connectivity index (χ1) is 9.88. The fourth-order valence-electron chi connectivity index (χ4n) is 2.01. The second-order valence-electron chi connectivity index (χ2n) is 5.10. The topological polar surface area (TPSA) is 15.3 Å². The van der Waals surface area contributed by atoms with Gasteiger partial charge in [0.15, 0.2) is 0 Å². The highest BCUT2D eigenvalue weighted by molar-refractivity contribution is 9.10. The van der Waals surface area contributed by atoms with E-state index in [0.29, 0.717) is 0 Å². The van der Waals surface area contributed by atoms with Crippen molar-refractivity contribution in [3.05, 3.63) is 58.1 Å². The standard InChI is InChI=1S/C16H17BrF2N2/c1-10(11-4-6-12(7-5-11)21(2)3)20-16-8-13(17)14(18)9-15(16)19/h4-10,20H,1-3H3. The lowest BCUT2D eigenvalue weighted by Crippen LogP contribution is -2.10. The van der Waals surface area contributed by atoms with Gasteiger partial charge >= 0.3 is 0 Å². The number of nitrogens with one attached hydrogen (secondary N) is 1. The Bertz CT molecular complexity index is 627. The molecule has 0 aromatic heterocycles. The molecule has 1 atom stereocenters. The predicted molar refractivity (Wildman–Crippen MR) is 86.9 cm³/mol. The third-order valence-corrected chi connectivity index (χ3v) is 3.90. The molecule has 0 aliphatic heterocycles. The molecule has 0 radical (unpaired) electrons. The molecule has 2 aromatic carbocycles. The molecule has 1 N–H and O–H groups in total. The fourth-order valence-corrected chi connectivity index (χ4v) is 2.35. The maximum atomic E-state index is 13.7. The van der Waals surface area contributed by atoms with Gasteiger partial charge in [-0.2, -0.15) is 0 Å². The molecule has 0 aliphatic carbocycles. The van der Waals surface area contributed by atoms with Crippen LogP contribution < -0.4 is 10.2 Å². The molecular formula is C16H17BrF2N2. The minimum absolute atomic E-state index is 0.0897. The largest absolute Gasteiger partial charge is 0.378 e. The van der Waals surface area contributed by atoms with Crippen LogP contribution in [0.25, 0.3) is 0 Å². The SMILES string of the molecule is CC(Nc1cc(Br)c(F)cc1F)c1ccc(N(C)C)cc1. The monoisotopic (exact) mass is 354 g/mol. The number of benzene rings is 2. The molecule has 0 bridgehead atoms. The molecule has 0 saturated carbocycles. The van der Waals surface area contributed by atoms with Crippen molar-refractivity contribution in [2.75, 3.05) is 24.3 Å². The molecular weight excluding hydrogens is 338 g/mol. The van der Waals surface area contributed by atoms with Crippen molar-refractivity contribution in [1.82, 2.24) is 0 Å². The first kappa shape index (κ1) is 15.8. The molecule has 2 rings (SSSR count). The van der Waals surface area contributed by atoms with Crippen LogP contribution in [0.5, 0.6) is 0 Å². The Morgan fingerprint density at radius 2 is 1.67 bits per heavy atom. The van der Waals surface area contributed by atoms with Crippen LogP contribution in [-0.4, -0.2) is 14.1 Å². The highest BCUT2D eigenvalue weighted by atomic mass is 79.9. The number of nitrogens with zero attached hydrogens (tertiary/aromatic N) is 1. The van der Waals surface area contributed by atoms with Crippen LogP contribution in [0.3, 0.4) is 0 Å². The Morgan fingerprint density at radius 1 is 1.05 bits per heavy atom. The summed E-state index contributed by atoms with van der Waals surface area (Å²) in [5.41, 5.74) is 2.40. The van der Waals surface area contributed by atoms with E-state index in [1.165, 1.54) is 6.07 Å². The molecule has 0 aliphatic rings. The van der Waals surface area contributed by atoms with Crippen LogP contribution in [0.4, 0.5) is 20.2 Å². The molecule has 0 spiro atoms. The predicted octanol–water partition coefficient (Wildman–Crippen LogP) is 4.97. The maximum absolute atomic E-state index is 13.7. The van der Waals surface area contributed by atoms with Gasteiger partial charge in [-0.1, -0.05) is 12.1 Å². The average molecular weight is 355 g/mol. The quantitative estimate of drug-likeness (QED) is 0.780. The van der Waals surface area contributed by atoms with Crippen molar-refractivity contribution in [3.63, 3.8) is 0 Å². The van der Waals surface area contributed by atoms with Gasteiger partial charge in [-0.05, 0) is 46.6 Å². The van der Waals surface area contributed by atoms with E-state index in [4.69, 9.17) is 0 Å². The summed E-state index contributed by atoms with van der Waals surface area (Å²) in [5.74, 6) is -1.21. The van der Waals surface area contributed by atoms with Gasteiger partial charge < -0.3 is 10.2 Å². The van der Waals surface area contributed by atoms with Crippen molar-refractivity contribution in [2.24, 2.45) is 0 Å². The van der Waals surface area contributed by atoms with Crippen molar-refractivity contribution in [3.8, 4) is 0 Å². The minimum Gasteiger partial charge on any atom is -0.378 e. The first-order valence-corrected chi connectivity index (χ1v) is 7.36. The lowest BCUT2D eigenvalue weighted by molar-refractivity contribution is 0.579. The van der Waals surface area contributed by atoms with Crippen LogP contribution in [0.15, 0.2) is 40.9 Å². The lowest BCUT2D eigenvalue weighted by Gasteiger charge is -2.18. The summed E-state index contributed by atoms with van der Waals surface area (Å²) in [6, 6.07) is 10.2. The number of hydrogen-bond donors (Lipinski definition) is 1. The second-order valence-corrected chi connectivity index (χ2v) is 5.95. The van der Waals surface area contributed by atoms with Crippen LogP contribution in [0.1, 0.15) is 18.5 Å². The summed E-state index contributed by atoms with van der Waals surface area (Å²) in [5, 5.41) is 3.06. The number of rotatable bonds is 4. The third kappa shape index (κ3) is 3.73. The summed E-state index contributed by atoms with van der Waals surface area (Å²) in [6.45, 7) is 1.93. The van der Waals surface area contributed by atoms with Gasteiger partial charge in [-0.25, -0.2) is 8.78 Å². The van der Waals surface area contributed by atoms with Crippen molar-refractivity contribution >= 4 is 27.3 Å². The summed E-state index contributed by atoms with van der Waals surface area (Å²) < 4.78 is 27.2. The molecule has 5 heteroatoms. The van der Waals surface area contributed by atoms with Crippen LogP contribution in [0.2, 0.25) is 0 Å². The van der Waals surface area contributed by atoms with E-state index >= 15 is 0 Å². The van der Waals surface area contributed by atoms with Gasteiger partial charge in [0.2, 0.25) is 0 Å². The molecule has 0 saturated heterocycles. The average Bonchev–Trinajstić information content (AvgIpc) is 2.44. The zero-order valence-electron chi connectivity index (χ0n) is 12.1. The molecule has 0 fully saturated rings.